The summed E-state index contributed by atoms with van der Waals surface area (Å²) >= 11 is 0. The molecule has 158 valence electrons. The fourth-order valence-corrected chi connectivity index (χ4v) is 2.90. The minimum absolute atomic E-state index is 0. The number of benzene rings is 1. The molecule has 1 aliphatic rings. The Labute approximate surface area is 168 Å². The number of ether oxygens (including phenoxy) is 1. The molecule has 10 heteroatoms. The van der Waals surface area contributed by atoms with Crippen LogP contribution in [-0.4, -0.2) is 55.6 Å². The van der Waals surface area contributed by atoms with Crippen LogP contribution in [0.15, 0.2) is 24.3 Å². The van der Waals surface area contributed by atoms with E-state index in [0.29, 0.717) is 39.1 Å². The summed E-state index contributed by atoms with van der Waals surface area (Å²) in [6.45, 7) is 1.78. The number of amides is 2. The Bertz CT molecular complexity index is 650. The summed E-state index contributed by atoms with van der Waals surface area (Å²) in [5.74, 6) is -1.25. The number of nitrogens with two attached hydrogens (primary N) is 1. The van der Waals surface area contributed by atoms with E-state index in [1.807, 2.05) is 0 Å². The predicted octanol–water partition coefficient (Wildman–Crippen LogP) is 2.21. The number of halogens is 4. The standard InChI is InChI=1S/C18H24F3N3O3.ClH/c19-18(20,21)15-5-2-1-4-14(15)17(26)23-12-16(25)24-9-6-13(7-10-24)27-11-3-8-22;/h1-2,4-5,13H,3,6-12,22H2,(H,23,26);1H. The molecule has 2 rings (SSSR count). The van der Waals surface area contributed by atoms with Crippen LogP contribution in [-0.2, 0) is 15.7 Å². The van der Waals surface area contributed by atoms with Crippen molar-refractivity contribution in [3.8, 4) is 0 Å². The van der Waals surface area contributed by atoms with Crippen molar-refractivity contribution in [2.45, 2.75) is 31.5 Å². The molecule has 1 heterocycles. The second kappa shape index (κ2) is 11.2. The number of nitrogens with zero attached hydrogens (tertiary/aromatic N) is 1. The van der Waals surface area contributed by atoms with Gasteiger partial charge in [-0.25, -0.2) is 0 Å². The van der Waals surface area contributed by atoms with Gasteiger partial charge in [-0.05, 0) is 37.9 Å². The SMILES string of the molecule is Cl.NCCCOC1CCN(C(=O)CNC(=O)c2ccccc2C(F)(F)F)CC1. The van der Waals surface area contributed by atoms with Crippen molar-refractivity contribution in [3.05, 3.63) is 35.4 Å². The molecule has 0 aliphatic carbocycles. The maximum Gasteiger partial charge on any atom is 0.417 e. The summed E-state index contributed by atoms with van der Waals surface area (Å²) in [6.07, 6.45) is -2.41. The van der Waals surface area contributed by atoms with Crippen molar-refractivity contribution in [1.29, 1.82) is 0 Å². The molecule has 3 N–H and O–H groups in total. The lowest BCUT2D eigenvalue weighted by Gasteiger charge is -2.32. The molecule has 0 unspecified atom stereocenters. The fourth-order valence-electron chi connectivity index (χ4n) is 2.90. The second-order valence-electron chi connectivity index (χ2n) is 6.32. The van der Waals surface area contributed by atoms with Crippen molar-refractivity contribution < 1.29 is 27.5 Å². The number of rotatable bonds is 7. The summed E-state index contributed by atoms with van der Waals surface area (Å²) in [5, 5.41) is 2.29. The van der Waals surface area contributed by atoms with Crippen LogP contribution >= 0.6 is 12.4 Å². The van der Waals surface area contributed by atoms with Gasteiger partial charge in [-0.3, -0.25) is 9.59 Å². The van der Waals surface area contributed by atoms with Gasteiger partial charge in [0, 0.05) is 19.7 Å². The molecule has 1 aromatic carbocycles. The first-order valence-electron chi connectivity index (χ1n) is 8.86. The quantitative estimate of drug-likeness (QED) is 0.658. The zero-order valence-corrected chi connectivity index (χ0v) is 16.2. The summed E-state index contributed by atoms with van der Waals surface area (Å²) in [7, 11) is 0. The normalized spacial score (nSPS) is 15.1. The molecule has 0 radical (unpaired) electrons. The summed E-state index contributed by atoms with van der Waals surface area (Å²) in [5.41, 5.74) is 3.89. The number of nitrogens with one attached hydrogen (secondary N) is 1. The lowest BCUT2D eigenvalue weighted by Crippen LogP contribution is -2.45. The number of carbonyl (C=O) groups excluding carboxylic acids is 2. The van der Waals surface area contributed by atoms with Gasteiger partial charge in [-0.15, -0.1) is 12.4 Å². The maximum atomic E-state index is 13.0. The number of piperidine rings is 1. The Morgan fingerprint density at radius 2 is 1.86 bits per heavy atom. The van der Waals surface area contributed by atoms with Crippen molar-refractivity contribution in [2.24, 2.45) is 5.73 Å². The molecule has 1 aliphatic heterocycles. The number of alkyl halides is 3. The van der Waals surface area contributed by atoms with Crippen molar-refractivity contribution in [2.75, 3.05) is 32.8 Å². The van der Waals surface area contributed by atoms with E-state index >= 15 is 0 Å². The highest BCUT2D eigenvalue weighted by Crippen LogP contribution is 2.31. The molecule has 2 amide bonds. The van der Waals surface area contributed by atoms with Gasteiger partial charge in [0.15, 0.2) is 0 Å². The lowest BCUT2D eigenvalue weighted by molar-refractivity contribution is -0.138. The van der Waals surface area contributed by atoms with Gasteiger partial charge in [0.1, 0.15) is 0 Å². The lowest BCUT2D eigenvalue weighted by atomic mass is 10.1. The topological polar surface area (TPSA) is 84.7 Å². The van der Waals surface area contributed by atoms with Crippen LogP contribution in [0.25, 0.3) is 0 Å². The van der Waals surface area contributed by atoms with Gasteiger partial charge in [0.05, 0.1) is 23.8 Å². The molecule has 0 spiro atoms. The Morgan fingerprint density at radius 3 is 2.46 bits per heavy atom. The van der Waals surface area contributed by atoms with Gasteiger partial charge < -0.3 is 20.7 Å². The second-order valence-corrected chi connectivity index (χ2v) is 6.32. The van der Waals surface area contributed by atoms with E-state index in [4.69, 9.17) is 10.5 Å². The van der Waals surface area contributed by atoms with Crippen LogP contribution < -0.4 is 11.1 Å². The number of carbonyl (C=O) groups is 2. The Morgan fingerprint density at radius 1 is 1.21 bits per heavy atom. The molecular formula is C18H25ClF3N3O3. The minimum atomic E-state index is -4.64. The number of hydrogen-bond acceptors (Lipinski definition) is 4. The highest BCUT2D eigenvalue weighted by molar-refractivity contribution is 5.97. The van der Waals surface area contributed by atoms with E-state index < -0.39 is 23.2 Å². The molecule has 1 fully saturated rings. The van der Waals surface area contributed by atoms with E-state index in [-0.39, 0.29) is 31.0 Å². The largest absolute Gasteiger partial charge is 0.417 e. The first kappa shape index (κ1) is 24.2. The highest BCUT2D eigenvalue weighted by Gasteiger charge is 2.35. The van der Waals surface area contributed by atoms with Crippen LogP contribution in [0, 0.1) is 0 Å². The molecule has 1 aromatic rings. The van der Waals surface area contributed by atoms with Crippen molar-refractivity contribution >= 4 is 24.2 Å². The number of likely N-dealkylation sites (tertiary alicyclic amines) is 1. The van der Waals surface area contributed by atoms with Gasteiger partial charge >= 0.3 is 6.18 Å². The molecule has 28 heavy (non-hydrogen) atoms. The van der Waals surface area contributed by atoms with Gasteiger partial charge in [0.2, 0.25) is 5.91 Å². The average Bonchev–Trinajstić information content (AvgIpc) is 2.66. The van der Waals surface area contributed by atoms with E-state index in [9.17, 15) is 22.8 Å². The van der Waals surface area contributed by atoms with E-state index in [2.05, 4.69) is 5.32 Å². The van der Waals surface area contributed by atoms with Gasteiger partial charge in [-0.2, -0.15) is 13.2 Å². The number of hydrogen-bond donors (Lipinski definition) is 2. The molecular weight excluding hydrogens is 399 g/mol. The van der Waals surface area contributed by atoms with Gasteiger partial charge in [0.25, 0.3) is 5.91 Å². The molecule has 0 bridgehead atoms. The third kappa shape index (κ3) is 6.96. The molecule has 0 atom stereocenters. The summed E-state index contributed by atoms with van der Waals surface area (Å²) in [4.78, 5) is 25.9. The molecule has 0 saturated carbocycles. The fraction of sp³-hybridized carbons (Fsp3) is 0.556. The summed E-state index contributed by atoms with van der Waals surface area (Å²) in [6, 6.07) is 4.49. The average molecular weight is 424 g/mol. The molecule has 0 aromatic heterocycles. The smallest absolute Gasteiger partial charge is 0.378 e. The third-order valence-corrected chi connectivity index (χ3v) is 4.37. The Kier molecular flexibility index (Phi) is 9.71. The van der Waals surface area contributed by atoms with Crippen LogP contribution in [0.3, 0.4) is 0 Å². The van der Waals surface area contributed by atoms with E-state index in [1.54, 1.807) is 4.90 Å². The monoisotopic (exact) mass is 423 g/mol. The highest BCUT2D eigenvalue weighted by atomic mass is 35.5. The Hall–Kier alpha value is -1.84. The first-order chi connectivity index (χ1) is 12.8. The molecule has 1 saturated heterocycles. The third-order valence-electron chi connectivity index (χ3n) is 4.37. The zero-order valence-electron chi connectivity index (χ0n) is 15.3. The van der Waals surface area contributed by atoms with Crippen molar-refractivity contribution in [3.63, 3.8) is 0 Å². The maximum absolute atomic E-state index is 13.0. The van der Waals surface area contributed by atoms with Crippen LogP contribution in [0.2, 0.25) is 0 Å². The zero-order chi connectivity index (χ0) is 19.9. The molecule has 6 nitrogen and oxygen atoms in total. The predicted molar refractivity (Wildman–Crippen MR) is 100 cm³/mol. The summed E-state index contributed by atoms with van der Waals surface area (Å²) < 4.78 is 44.6. The van der Waals surface area contributed by atoms with Crippen molar-refractivity contribution in [1.82, 2.24) is 10.2 Å². The van der Waals surface area contributed by atoms with Crippen LogP contribution in [0.1, 0.15) is 35.2 Å². The van der Waals surface area contributed by atoms with E-state index in [1.165, 1.54) is 12.1 Å². The van der Waals surface area contributed by atoms with Crippen LogP contribution in [0.5, 0.6) is 0 Å². The van der Waals surface area contributed by atoms with Crippen LogP contribution in [0.4, 0.5) is 13.2 Å². The minimum Gasteiger partial charge on any atom is -0.378 e. The van der Waals surface area contributed by atoms with E-state index in [0.717, 1.165) is 18.6 Å². The first-order valence-corrected chi connectivity index (χ1v) is 8.86. The van der Waals surface area contributed by atoms with Gasteiger partial charge in [-0.1, -0.05) is 12.1 Å². The Balaban J connectivity index is 0.00000392.